The summed E-state index contributed by atoms with van der Waals surface area (Å²) in [7, 11) is 0. The fourth-order valence-corrected chi connectivity index (χ4v) is 5.78. The number of carboxylic acid groups (broad SMARTS) is 1. The molecule has 0 fully saturated rings. The molecule has 186 valence electrons. The van der Waals surface area contributed by atoms with E-state index in [1.807, 2.05) is 85.1 Å². The van der Waals surface area contributed by atoms with Crippen LogP contribution in [0.15, 0.2) is 96.5 Å². The Morgan fingerprint density at radius 3 is 2.53 bits per heavy atom. The first-order chi connectivity index (χ1) is 18.6. The molecule has 1 N–H and O–H groups in total. The van der Waals surface area contributed by atoms with Crippen LogP contribution >= 0.6 is 11.3 Å². The number of nitrogens with zero attached hydrogens (tertiary/aromatic N) is 2. The second kappa shape index (κ2) is 10.1. The minimum atomic E-state index is -1.01. The van der Waals surface area contributed by atoms with Gasteiger partial charge in [-0.3, -0.25) is 4.98 Å². The summed E-state index contributed by atoms with van der Waals surface area (Å²) in [5.41, 5.74) is 6.21. The van der Waals surface area contributed by atoms with Crippen molar-refractivity contribution < 1.29 is 14.6 Å². The molecule has 0 bridgehead atoms. The van der Waals surface area contributed by atoms with E-state index >= 15 is 0 Å². The van der Waals surface area contributed by atoms with E-state index in [0.717, 1.165) is 44.5 Å². The summed E-state index contributed by atoms with van der Waals surface area (Å²) in [5, 5.41) is 13.9. The number of carbonyl (C=O) groups is 1. The van der Waals surface area contributed by atoms with Gasteiger partial charge in [0.25, 0.3) is 0 Å². The first kappa shape index (κ1) is 23.8. The molecule has 6 rings (SSSR count). The second-order valence-corrected chi connectivity index (χ2v) is 9.88. The predicted octanol–water partition coefficient (Wildman–Crippen LogP) is 8.02. The number of fused-ring (bicyclic) bond motifs is 2. The number of rotatable bonds is 7. The predicted molar refractivity (Wildman–Crippen MR) is 153 cm³/mol. The van der Waals surface area contributed by atoms with Crippen LogP contribution in [-0.2, 0) is 13.0 Å². The number of benzene rings is 3. The van der Waals surface area contributed by atoms with E-state index in [9.17, 15) is 9.90 Å². The Balaban J connectivity index is 1.47. The van der Waals surface area contributed by atoms with Gasteiger partial charge in [0.2, 0.25) is 0 Å². The Labute approximate surface area is 224 Å². The van der Waals surface area contributed by atoms with Gasteiger partial charge in [0.15, 0.2) is 0 Å². The normalized spacial score (nSPS) is 11.2. The van der Waals surface area contributed by atoms with Gasteiger partial charge in [0.05, 0.1) is 27.9 Å². The number of aryl methyl sites for hydroxylation is 1. The average Bonchev–Trinajstić information content (AvgIpc) is 3.40. The lowest BCUT2D eigenvalue weighted by molar-refractivity contribution is 0.0698. The molecule has 0 spiro atoms. The van der Waals surface area contributed by atoms with Crippen LogP contribution < -0.4 is 4.74 Å². The summed E-state index contributed by atoms with van der Waals surface area (Å²) >= 11 is 1.63. The Hall–Kier alpha value is -4.55. The smallest absolute Gasteiger partial charge is 0.336 e. The number of ether oxygens (including phenoxy) is 1. The van der Waals surface area contributed by atoms with Crippen LogP contribution in [0.25, 0.3) is 43.5 Å². The van der Waals surface area contributed by atoms with Gasteiger partial charge in [0.1, 0.15) is 12.4 Å². The summed E-state index contributed by atoms with van der Waals surface area (Å²) in [4.78, 5) is 22.1. The van der Waals surface area contributed by atoms with Crippen molar-refractivity contribution in [1.29, 1.82) is 0 Å². The maximum absolute atomic E-state index is 12.6. The van der Waals surface area contributed by atoms with Crippen LogP contribution in [0.2, 0.25) is 0 Å². The molecule has 0 aliphatic rings. The monoisotopic (exact) mass is 516 g/mol. The molecule has 6 heteroatoms. The Kier molecular flexibility index (Phi) is 6.32. The summed E-state index contributed by atoms with van der Waals surface area (Å²) in [6.45, 7) is 2.32. The van der Waals surface area contributed by atoms with Crippen LogP contribution in [0.5, 0.6) is 5.75 Å². The highest BCUT2D eigenvalue weighted by Gasteiger charge is 2.21. The molecule has 0 aliphatic carbocycles. The maximum Gasteiger partial charge on any atom is 0.336 e. The molecule has 0 saturated heterocycles. The van der Waals surface area contributed by atoms with Gasteiger partial charge in [-0.05, 0) is 47.9 Å². The quantitative estimate of drug-likeness (QED) is 0.233. The van der Waals surface area contributed by atoms with E-state index in [0.29, 0.717) is 22.3 Å². The van der Waals surface area contributed by atoms with Gasteiger partial charge < -0.3 is 9.84 Å². The highest BCUT2D eigenvalue weighted by atomic mass is 32.1. The number of aromatic nitrogens is 2. The van der Waals surface area contributed by atoms with Crippen molar-refractivity contribution in [1.82, 2.24) is 9.97 Å². The van der Waals surface area contributed by atoms with Gasteiger partial charge in [0, 0.05) is 32.8 Å². The van der Waals surface area contributed by atoms with Crippen molar-refractivity contribution in [2.24, 2.45) is 0 Å². The van der Waals surface area contributed by atoms with E-state index in [2.05, 4.69) is 11.1 Å². The lowest BCUT2D eigenvalue weighted by atomic mass is 9.99. The molecule has 0 radical (unpaired) electrons. The number of carboxylic acids is 1. The van der Waals surface area contributed by atoms with E-state index in [-0.39, 0.29) is 12.2 Å². The number of hydrogen-bond donors (Lipinski definition) is 1. The highest BCUT2D eigenvalue weighted by molar-refractivity contribution is 7.17. The summed E-state index contributed by atoms with van der Waals surface area (Å²) in [6.07, 6.45) is 2.49. The fraction of sp³-hybridized carbons (Fsp3) is 0.0938. The van der Waals surface area contributed by atoms with E-state index < -0.39 is 5.97 Å². The van der Waals surface area contributed by atoms with Crippen molar-refractivity contribution in [3.05, 3.63) is 113 Å². The molecule has 6 aromatic rings. The minimum absolute atomic E-state index is 0.184. The number of aromatic carboxylic acids is 1. The standard InChI is InChI=1S/C32H24N2O3S/c1-2-20-14-15-28(37-18-21-9-3-4-10-22(21)26-12-7-8-16-33-26)30-24(32(35)36)17-27(34-31(20)30)25-19-38-29-13-6-5-11-23(25)29/h3-17,19H,2,18H2,1H3,(H,35,36). The Morgan fingerprint density at radius 2 is 1.71 bits per heavy atom. The van der Waals surface area contributed by atoms with Gasteiger partial charge in [-0.15, -0.1) is 11.3 Å². The molecule has 3 aromatic heterocycles. The zero-order valence-electron chi connectivity index (χ0n) is 20.7. The first-order valence-corrected chi connectivity index (χ1v) is 13.3. The lowest BCUT2D eigenvalue weighted by Crippen LogP contribution is -2.05. The van der Waals surface area contributed by atoms with Crippen LogP contribution in [0.1, 0.15) is 28.4 Å². The van der Waals surface area contributed by atoms with E-state index in [1.54, 1.807) is 23.6 Å². The SMILES string of the molecule is CCc1ccc(OCc2ccccc2-c2ccccn2)c2c(C(=O)O)cc(-c3csc4ccccc34)nc12. The molecule has 0 amide bonds. The van der Waals surface area contributed by atoms with Crippen molar-refractivity contribution in [2.45, 2.75) is 20.0 Å². The minimum Gasteiger partial charge on any atom is -0.488 e. The average molecular weight is 517 g/mol. The molecule has 5 nitrogen and oxygen atoms in total. The van der Waals surface area contributed by atoms with E-state index in [4.69, 9.17) is 9.72 Å². The third kappa shape index (κ3) is 4.29. The van der Waals surface area contributed by atoms with Crippen LogP contribution in [0.3, 0.4) is 0 Å². The molecule has 3 heterocycles. The first-order valence-electron chi connectivity index (χ1n) is 12.4. The Morgan fingerprint density at radius 1 is 0.895 bits per heavy atom. The van der Waals surface area contributed by atoms with Crippen molar-refractivity contribution in [2.75, 3.05) is 0 Å². The van der Waals surface area contributed by atoms with Gasteiger partial charge in [-0.25, -0.2) is 9.78 Å². The molecule has 0 atom stereocenters. The second-order valence-electron chi connectivity index (χ2n) is 8.97. The van der Waals surface area contributed by atoms with Crippen molar-refractivity contribution in [3.8, 4) is 28.3 Å². The summed E-state index contributed by atoms with van der Waals surface area (Å²) in [6, 6.07) is 27.4. The van der Waals surface area contributed by atoms with Gasteiger partial charge in [-0.2, -0.15) is 0 Å². The van der Waals surface area contributed by atoms with Crippen LogP contribution in [0.4, 0.5) is 0 Å². The molecular formula is C32H24N2O3S. The molecular weight excluding hydrogens is 492 g/mol. The molecule has 3 aromatic carbocycles. The summed E-state index contributed by atoms with van der Waals surface area (Å²) in [5.74, 6) is -0.509. The van der Waals surface area contributed by atoms with Gasteiger partial charge >= 0.3 is 5.97 Å². The molecule has 38 heavy (non-hydrogen) atoms. The molecule has 0 saturated carbocycles. The third-order valence-corrected chi connectivity index (χ3v) is 7.68. The van der Waals surface area contributed by atoms with Crippen LogP contribution in [-0.4, -0.2) is 21.0 Å². The van der Waals surface area contributed by atoms with E-state index in [1.165, 1.54) is 0 Å². The fourth-order valence-electron chi connectivity index (χ4n) is 4.83. The lowest BCUT2D eigenvalue weighted by Gasteiger charge is -2.16. The van der Waals surface area contributed by atoms with Crippen molar-refractivity contribution >= 4 is 38.3 Å². The third-order valence-electron chi connectivity index (χ3n) is 6.72. The topological polar surface area (TPSA) is 72.3 Å². The summed E-state index contributed by atoms with van der Waals surface area (Å²) < 4.78 is 7.47. The molecule has 0 unspecified atom stereocenters. The Bertz CT molecular complexity index is 1790. The zero-order valence-corrected chi connectivity index (χ0v) is 21.5. The largest absolute Gasteiger partial charge is 0.488 e. The number of pyridine rings is 2. The number of hydrogen-bond acceptors (Lipinski definition) is 5. The number of thiophene rings is 1. The van der Waals surface area contributed by atoms with Gasteiger partial charge in [-0.1, -0.05) is 61.5 Å². The molecule has 0 aliphatic heterocycles. The highest BCUT2D eigenvalue weighted by Crippen LogP contribution is 2.38. The zero-order chi connectivity index (χ0) is 26.1. The van der Waals surface area contributed by atoms with Crippen LogP contribution in [0, 0.1) is 0 Å². The van der Waals surface area contributed by atoms with Crippen molar-refractivity contribution in [3.63, 3.8) is 0 Å². The maximum atomic E-state index is 12.6.